The molecular formula is C26H21NO2. The highest BCUT2D eigenvalue weighted by Gasteiger charge is 2.31. The van der Waals surface area contributed by atoms with E-state index in [-0.39, 0.29) is 0 Å². The third-order valence-corrected chi connectivity index (χ3v) is 5.94. The zero-order valence-electron chi connectivity index (χ0n) is 16.8. The largest absolute Gasteiger partial charge is 0.497 e. The summed E-state index contributed by atoms with van der Waals surface area (Å²) in [5, 5.41) is 11.7. The predicted molar refractivity (Wildman–Crippen MR) is 115 cm³/mol. The number of allylic oxidation sites excluding steroid dienone is 2. The van der Waals surface area contributed by atoms with Crippen LogP contribution in [0, 0.1) is 25.2 Å². The summed E-state index contributed by atoms with van der Waals surface area (Å²) in [6, 6.07) is 17.2. The molecule has 1 aliphatic carbocycles. The summed E-state index contributed by atoms with van der Waals surface area (Å²) in [5.74, 6) is 2.39. The first kappa shape index (κ1) is 17.6. The Morgan fingerprint density at radius 2 is 1.83 bits per heavy atom. The van der Waals surface area contributed by atoms with Gasteiger partial charge >= 0.3 is 0 Å². The van der Waals surface area contributed by atoms with Crippen LogP contribution in [0.25, 0.3) is 16.3 Å². The lowest BCUT2D eigenvalue weighted by Crippen LogP contribution is -2.16. The highest BCUT2D eigenvalue weighted by Crippen LogP contribution is 2.49. The summed E-state index contributed by atoms with van der Waals surface area (Å²) < 4.78 is 11.8. The third kappa shape index (κ3) is 2.64. The molecule has 0 fully saturated rings. The molecule has 1 aliphatic heterocycles. The second-order valence-electron chi connectivity index (χ2n) is 7.74. The second kappa shape index (κ2) is 6.53. The van der Waals surface area contributed by atoms with Crippen molar-refractivity contribution in [1.82, 2.24) is 0 Å². The van der Waals surface area contributed by atoms with Crippen LogP contribution >= 0.6 is 0 Å². The van der Waals surface area contributed by atoms with Crippen LogP contribution in [0.15, 0.2) is 59.9 Å². The number of rotatable bonds is 1. The number of benzene rings is 3. The molecule has 0 unspecified atom stereocenters. The lowest BCUT2D eigenvalue weighted by Gasteiger charge is -2.31. The van der Waals surface area contributed by atoms with E-state index < -0.39 is 0 Å². The van der Waals surface area contributed by atoms with Gasteiger partial charge in [-0.2, -0.15) is 5.26 Å². The minimum Gasteiger partial charge on any atom is -0.497 e. The molecule has 0 atom stereocenters. The number of nitrogens with zero attached hydrogens (tertiary/aromatic N) is 1. The maximum absolute atomic E-state index is 9.38. The fourth-order valence-corrected chi connectivity index (χ4v) is 4.68. The molecule has 1 heterocycles. The van der Waals surface area contributed by atoms with Gasteiger partial charge in [0.25, 0.3) is 0 Å². The molecular weight excluding hydrogens is 358 g/mol. The molecule has 0 saturated heterocycles. The van der Waals surface area contributed by atoms with Crippen LogP contribution in [0.1, 0.15) is 34.2 Å². The first-order valence-electron chi connectivity index (χ1n) is 9.83. The van der Waals surface area contributed by atoms with E-state index in [1.165, 1.54) is 39.3 Å². The molecule has 29 heavy (non-hydrogen) atoms. The van der Waals surface area contributed by atoms with Gasteiger partial charge in [-0.25, -0.2) is 0 Å². The zero-order chi connectivity index (χ0) is 20.1. The van der Waals surface area contributed by atoms with Crippen molar-refractivity contribution in [2.75, 3.05) is 7.11 Å². The Labute approximate surface area is 170 Å². The average molecular weight is 379 g/mol. The lowest BCUT2D eigenvalue weighted by molar-refractivity contribution is 0.413. The Hall–Kier alpha value is -3.51. The monoisotopic (exact) mass is 379 g/mol. The Bertz CT molecular complexity index is 1290. The van der Waals surface area contributed by atoms with Gasteiger partial charge in [-0.1, -0.05) is 23.8 Å². The Kier molecular flexibility index (Phi) is 3.96. The van der Waals surface area contributed by atoms with Gasteiger partial charge < -0.3 is 9.47 Å². The smallest absolute Gasteiger partial charge is 0.143 e. The average Bonchev–Trinajstić information content (AvgIpc) is 2.73. The van der Waals surface area contributed by atoms with Crippen molar-refractivity contribution >= 4 is 16.3 Å². The van der Waals surface area contributed by atoms with Crippen LogP contribution in [0.3, 0.4) is 0 Å². The summed E-state index contributed by atoms with van der Waals surface area (Å²) in [4.78, 5) is 0. The van der Waals surface area contributed by atoms with Crippen LogP contribution in [-0.4, -0.2) is 7.11 Å². The predicted octanol–water partition coefficient (Wildman–Crippen LogP) is 6.01. The fourth-order valence-electron chi connectivity index (χ4n) is 4.68. The molecule has 3 aromatic rings. The maximum Gasteiger partial charge on any atom is 0.143 e. The van der Waals surface area contributed by atoms with Crippen molar-refractivity contribution in [3.8, 4) is 17.6 Å². The normalized spacial score (nSPS) is 16.0. The van der Waals surface area contributed by atoms with Crippen molar-refractivity contribution in [2.45, 2.75) is 26.7 Å². The van der Waals surface area contributed by atoms with E-state index in [1.54, 1.807) is 7.11 Å². The highest BCUT2D eigenvalue weighted by molar-refractivity contribution is 6.01. The number of ether oxygens (including phenoxy) is 2. The molecule has 5 rings (SSSR count). The van der Waals surface area contributed by atoms with Crippen molar-refractivity contribution in [2.24, 2.45) is 0 Å². The van der Waals surface area contributed by atoms with E-state index in [9.17, 15) is 5.26 Å². The Balaban J connectivity index is 1.85. The first-order valence-corrected chi connectivity index (χ1v) is 9.83. The molecule has 3 aromatic carbocycles. The van der Waals surface area contributed by atoms with Crippen molar-refractivity contribution < 1.29 is 9.47 Å². The number of aryl methyl sites for hydroxylation is 3. The standard InChI is InChI=1S/C26H21NO2/c1-15-12-16(2)19-8-9-22-25-20-7-5-18(28-3)14-17(20)4-6-21(25)24(10-11-27)29-26(22)23(19)13-15/h5,7-10,12-14H,4,6H2,1-3H3/b24-10+. The van der Waals surface area contributed by atoms with Crippen molar-refractivity contribution in [1.29, 1.82) is 5.26 Å². The van der Waals surface area contributed by atoms with Gasteiger partial charge in [0.2, 0.25) is 0 Å². The molecule has 0 bridgehead atoms. The molecule has 0 N–H and O–H groups in total. The maximum atomic E-state index is 9.38. The summed E-state index contributed by atoms with van der Waals surface area (Å²) in [6.07, 6.45) is 3.28. The van der Waals surface area contributed by atoms with Crippen LogP contribution in [-0.2, 0) is 6.42 Å². The quantitative estimate of drug-likeness (QED) is 0.486. The summed E-state index contributed by atoms with van der Waals surface area (Å²) in [7, 11) is 1.70. The highest BCUT2D eigenvalue weighted by atomic mass is 16.5. The molecule has 0 saturated carbocycles. The fraction of sp³-hybridized carbons (Fsp3) is 0.192. The minimum atomic E-state index is 0.670. The number of nitriles is 1. The van der Waals surface area contributed by atoms with E-state index in [4.69, 9.17) is 9.47 Å². The first-order chi connectivity index (χ1) is 14.1. The molecule has 0 amide bonds. The van der Waals surface area contributed by atoms with Crippen LogP contribution in [0.4, 0.5) is 0 Å². The summed E-state index contributed by atoms with van der Waals surface area (Å²) >= 11 is 0. The van der Waals surface area contributed by atoms with Gasteiger partial charge in [0, 0.05) is 16.5 Å². The molecule has 0 aromatic heterocycles. The number of methoxy groups -OCH3 is 1. The van der Waals surface area contributed by atoms with Crippen LogP contribution in [0.2, 0.25) is 0 Å². The topological polar surface area (TPSA) is 42.2 Å². The van der Waals surface area contributed by atoms with Crippen molar-refractivity contribution in [3.63, 3.8) is 0 Å². The minimum absolute atomic E-state index is 0.670. The lowest BCUT2D eigenvalue weighted by atomic mass is 9.79. The molecule has 0 radical (unpaired) electrons. The molecule has 0 spiro atoms. The van der Waals surface area contributed by atoms with Crippen molar-refractivity contribution in [3.05, 3.63) is 87.7 Å². The molecule has 3 heteroatoms. The molecule has 142 valence electrons. The van der Waals surface area contributed by atoms with Gasteiger partial charge in [0.1, 0.15) is 17.3 Å². The third-order valence-electron chi connectivity index (χ3n) is 5.94. The molecule has 2 aliphatic rings. The SMILES string of the molecule is COc1ccc2c(c1)CCC1=C2c2ccc3c(C)cc(C)cc3c2O/C1=C/C#N. The Morgan fingerprint density at radius 1 is 1.00 bits per heavy atom. The number of fused-ring (bicyclic) bond motifs is 6. The Morgan fingerprint density at radius 3 is 2.62 bits per heavy atom. The van der Waals surface area contributed by atoms with Gasteiger partial charge in [-0.15, -0.1) is 0 Å². The van der Waals surface area contributed by atoms with Gasteiger partial charge in [-0.3, -0.25) is 0 Å². The van der Waals surface area contributed by atoms with Gasteiger partial charge in [-0.05, 0) is 78.6 Å². The number of hydrogen-bond donors (Lipinski definition) is 0. The van der Waals surface area contributed by atoms with Crippen LogP contribution in [0.5, 0.6) is 11.5 Å². The second-order valence-corrected chi connectivity index (χ2v) is 7.74. The van der Waals surface area contributed by atoms with E-state index in [2.05, 4.69) is 56.3 Å². The molecule has 3 nitrogen and oxygen atoms in total. The van der Waals surface area contributed by atoms with E-state index in [1.807, 2.05) is 6.07 Å². The zero-order valence-corrected chi connectivity index (χ0v) is 16.8. The van der Waals surface area contributed by atoms with Gasteiger partial charge in [0.05, 0.1) is 19.3 Å². The summed E-state index contributed by atoms with van der Waals surface area (Å²) in [6.45, 7) is 4.23. The number of hydrogen-bond acceptors (Lipinski definition) is 3. The van der Waals surface area contributed by atoms with E-state index in [0.717, 1.165) is 40.9 Å². The van der Waals surface area contributed by atoms with E-state index >= 15 is 0 Å². The van der Waals surface area contributed by atoms with Crippen LogP contribution < -0.4 is 9.47 Å². The van der Waals surface area contributed by atoms with Gasteiger partial charge in [0.15, 0.2) is 0 Å². The van der Waals surface area contributed by atoms with E-state index in [0.29, 0.717) is 5.76 Å². The summed E-state index contributed by atoms with van der Waals surface area (Å²) in [5.41, 5.74) is 8.28.